The first-order chi connectivity index (χ1) is 6.80. The Labute approximate surface area is 89.5 Å². The maximum absolute atomic E-state index is 13.3. The average Bonchev–Trinajstić information content (AvgIpc) is 2.06. The first kappa shape index (κ1) is 11.7. The summed E-state index contributed by atoms with van der Waals surface area (Å²) in [4.78, 5) is 10.8. The molecule has 0 aromatic heterocycles. The minimum Gasteiger partial charge on any atom is -0.324 e. The number of carbonyl (C=O) groups excluding carboxylic acids is 1. The number of carbonyl (C=O) groups is 1. The second kappa shape index (κ2) is 4.01. The summed E-state index contributed by atoms with van der Waals surface area (Å²) in [5.74, 6) is -0.668. The van der Waals surface area contributed by atoms with Gasteiger partial charge in [-0.25, -0.2) is 4.39 Å². The maximum atomic E-state index is 13.3. The molecule has 15 heavy (non-hydrogen) atoms. The third kappa shape index (κ3) is 3.05. The van der Waals surface area contributed by atoms with E-state index in [9.17, 15) is 9.18 Å². The lowest BCUT2D eigenvalue weighted by Crippen LogP contribution is -2.13. The molecule has 1 rings (SSSR count). The van der Waals surface area contributed by atoms with Crippen LogP contribution in [-0.4, -0.2) is 5.91 Å². The highest BCUT2D eigenvalue weighted by molar-refractivity contribution is 5.88. The van der Waals surface area contributed by atoms with Crippen molar-refractivity contribution in [1.82, 2.24) is 0 Å². The Morgan fingerprint density at radius 1 is 1.33 bits per heavy atom. The van der Waals surface area contributed by atoms with Crippen molar-refractivity contribution in [3.8, 4) is 0 Å². The normalized spacial score (nSPS) is 11.3. The summed E-state index contributed by atoms with van der Waals surface area (Å²) in [7, 11) is 0. The van der Waals surface area contributed by atoms with Gasteiger partial charge in [-0.05, 0) is 23.1 Å². The van der Waals surface area contributed by atoms with Gasteiger partial charge in [0, 0.05) is 6.92 Å². The minimum atomic E-state index is -0.404. The van der Waals surface area contributed by atoms with Gasteiger partial charge in [0.25, 0.3) is 0 Å². The molecular formula is C12H16FNO. The van der Waals surface area contributed by atoms with Crippen molar-refractivity contribution in [2.24, 2.45) is 0 Å². The van der Waals surface area contributed by atoms with Gasteiger partial charge in [-0.15, -0.1) is 0 Å². The molecule has 0 unspecified atom stereocenters. The van der Waals surface area contributed by atoms with E-state index < -0.39 is 5.82 Å². The van der Waals surface area contributed by atoms with Crippen LogP contribution in [0.3, 0.4) is 0 Å². The van der Waals surface area contributed by atoms with Crippen molar-refractivity contribution in [2.75, 3.05) is 5.32 Å². The van der Waals surface area contributed by atoms with E-state index in [-0.39, 0.29) is 17.0 Å². The van der Waals surface area contributed by atoms with E-state index in [1.807, 2.05) is 20.8 Å². The first-order valence-electron chi connectivity index (χ1n) is 4.88. The largest absolute Gasteiger partial charge is 0.324 e. The number of anilines is 1. The molecule has 0 saturated heterocycles. The van der Waals surface area contributed by atoms with Crippen molar-refractivity contribution < 1.29 is 9.18 Å². The number of nitrogens with one attached hydrogen (secondary N) is 1. The third-order valence-electron chi connectivity index (χ3n) is 2.14. The number of amides is 1. The average molecular weight is 209 g/mol. The Morgan fingerprint density at radius 2 is 1.93 bits per heavy atom. The highest BCUT2D eigenvalue weighted by Crippen LogP contribution is 2.26. The lowest BCUT2D eigenvalue weighted by atomic mass is 9.87. The van der Waals surface area contributed by atoms with E-state index in [2.05, 4.69) is 5.32 Å². The number of hydrogen-bond acceptors (Lipinski definition) is 1. The molecule has 82 valence electrons. The topological polar surface area (TPSA) is 29.1 Å². The summed E-state index contributed by atoms with van der Waals surface area (Å²) in [6, 6.07) is 4.79. The zero-order valence-corrected chi connectivity index (χ0v) is 9.52. The van der Waals surface area contributed by atoms with Crippen molar-refractivity contribution in [2.45, 2.75) is 33.1 Å². The number of benzene rings is 1. The molecule has 0 atom stereocenters. The summed E-state index contributed by atoms with van der Waals surface area (Å²) in [6.45, 7) is 7.48. The van der Waals surface area contributed by atoms with E-state index in [0.29, 0.717) is 0 Å². The Hall–Kier alpha value is -1.38. The third-order valence-corrected chi connectivity index (χ3v) is 2.14. The second-order valence-corrected chi connectivity index (χ2v) is 4.63. The Bertz CT molecular complexity index is 380. The van der Waals surface area contributed by atoms with Gasteiger partial charge in [0.2, 0.25) is 5.91 Å². The SMILES string of the molecule is CC(=O)Nc1cc(C(C)(C)C)ccc1F. The molecule has 1 N–H and O–H groups in total. The van der Waals surface area contributed by atoms with Gasteiger partial charge < -0.3 is 5.32 Å². The van der Waals surface area contributed by atoms with Gasteiger partial charge in [0.1, 0.15) is 5.82 Å². The first-order valence-corrected chi connectivity index (χ1v) is 4.88. The highest BCUT2D eigenvalue weighted by Gasteiger charge is 2.15. The molecule has 1 amide bonds. The Balaban J connectivity index is 3.11. The molecule has 0 aliphatic heterocycles. The van der Waals surface area contributed by atoms with Crippen LogP contribution in [0.1, 0.15) is 33.3 Å². The van der Waals surface area contributed by atoms with Crippen LogP contribution in [0.5, 0.6) is 0 Å². The van der Waals surface area contributed by atoms with Gasteiger partial charge in [-0.3, -0.25) is 4.79 Å². The molecule has 1 aromatic carbocycles. The smallest absolute Gasteiger partial charge is 0.221 e. The summed E-state index contributed by atoms with van der Waals surface area (Å²) < 4.78 is 13.3. The van der Waals surface area contributed by atoms with Crippen LogP contribution in [-0.2, 0) is 10.2 Å². The van der Waals surface area contributed by atoms with Crippen LogP contribution in [0.2, 0.25) is 0 Å². The van der Waals surface area contributed by atoms with Gasteiger partial charge in [0.15, 0.2) is 0 Å². The fourth-order valence-corrected chi connectivity index (χ4v) is 1.28. The lowest BCUT2D eigenvalue weighted by molar-refractivity contribution is -0.114. The van der Waals surface area contributed by atoms with Crippen LogP contribution >= 0.6 is 0 Å². The zero-order chi connectivity index (χ0) is 11.6. The molecule has 0 radical (unpaired) electrons. The van der Waals surface area contributed by atoms with E-state index in [1.165, 1.54) is 13.0 Å². The lowest BCUT2D eigenvalue weighted by Gasteiger charge is -2.20. The van der Waals surface area contributed by atoms with Gasteiger partial charge in [0.05, 0.1) is 5.69 Å². The van der Waals surface area contributed by atoms with Crippen LogP contribution in [0.4, 0.5) is 10.1 Å². The van der Waals surface area contributed by atoms with E-state index in [0.717, 1.165) is 5.56 Å². The van der Waals surface area contributed by atoms with Crippen LogP contribution < -0.4 is 5.32 Å². The number of hydrogen-bond donors (Lipinski definition) is 1. The molecule has 2 nitrogen and oxygen atoms in total. The quantitative estimate of drug-likeness (QED) is 0.756. The summed E-state index contributed by atoms with van der Waals surface area (Å²) in [5.41, 5.74) is 1.18. The number of rotatable bonds is 1. The predicted molar refractivity (Wildman–Crippen MR) is 59.4 cm³/mol. The molecule has 1 aromatic rings. The van der Waals surface area contributed by atoms with Crippen molar-refractivity contribution in [3.63, 3.8) is 0 Å². The fraction of sp³-hybridized carbons (Fsp3) is 0.417. The Morgan fingerprint density at radius 3 is 2.40 bits per heavy atom. The van der Waals surface area contributed by atoms with Crippen LogP contribution in [0, 0.1) is 5.82 Å². The van der Waals surface area contributed by atoms with Crippen molar-refractivity contribution in [3.05, 3.63) is 29.6 Å². The van der Waals surface area contributed by atoms with Gasteiger partial charge >= 0.3 is 0 Å². The zero-order valence-electron chi connectivity index (χ0n) is 9.52. The van der Waals surface area contributed by atoms with Gasteiger partial charge in [-0.2, -0.15) is 0 Å². The van der Waals surface area contributed by atoms with E-state index >= 15 is 0 Å². The summed E-state index contributed by atoms with van der Waals surface area (Å²) >= 11 is 0. The summed E-state index contributed by atoms with van der Waals surface area (Å²) in [5, 5.41) is 2.47. The summed E-state index contributed by atoms with van der Waals surface area (Å²) in [6.07, 6.45) is 0. The molecule has 0 saturated carbocycles. The fourth-order valence-electron chi connectivity index (χ4n) is 1.28. The van der Waals surface area contributed by atoms with E-state index in [1.54, 1.807) is 12.1 Å². The molecule has 0 heterocycles. The minimum absolute atomic E-state index is 0.0546. The molecular weight excluding hydrogens is 193 g/mol. The number of halogens is 1. The van der Waals surface area contributed by atoms with Crippen LogP contribution in [0.15, 0.2) is 18.2 Å². The molecule has 0 spiro atoms. The molecule has 0 aliphatic rings. The predicted octanol–water partition coefficient (Wildman–Crippen LogP) is 3.08. The highest BCUT2D eigenvalue weighted by atomic mass is 19.1. The Kier molecular flexibility index (Phi) is 3.12. The van der Waals surface area contributed by atoms with Gasteiger partial charge in [-0.1, -0.05) is 26.8 Å². The maximum Gasteiger partial charge on any atom is 0.221 e. The molecule has 0 fully saturated rings. The van der Waals surface area contributed by atoms with Crippen molar-refractivity contribution in [1.29, 1.82) is 0 Å². The molecule has 0 bridgehead atoms. The molecule has 3 heteroatoms. The van der Waals surface area contributed by atoms with E-state index in [4.69, 9.17) is 0 Å². The van der Waals surface area contributed by atoms with Crippen LogP contribution in [0.25, 0.3) is 0 Å². The second-order valence-electron chi connectivity index (χ2n) is 4.63. The standard InChI is InChI=1S/C12H16FNO/c1-8(15)14-11-7-9(12(2,3)4)5-6-10(11)13/h5-7H,1-4H3,(H,14,15). The monoisotopic (exact) mass is 209 g/mol. The molecule has 0 aliphatic carbocycles. The van der Waals surface area contributed by atoms with Crippen molar-refractivity contribution >= 4 is 11.6 Å².